The van der Waals surface area contributed by atoms with Gasteiger partial charge in [-0.3, -0.25) is 4.90 Å². The van der Waals surface area contributed by atoms with Gasteiger partial charge in [0.2, 0.25) is 0 Å². The van der Waals surface area contributed by atoms with E-state index in [9.17, 15) is 5.11 Å². The molecule has 1 saturated heterocycles. The van der Waals surface area contributed by atoms with Gasteiger partial charge in [0.15, 0.2) is 0 Å². The number of nitrogens with zero attached hydrogens (tertiary/aromatic N) is 1. The van der Waals surface area contributed by atoms with Crippen LogP contribution in [0.25, 0.3) is 0 Å². The summed E-state index contributed by atoms with van der Waals surface area (Å²) in [6, 6.07) is 1.00. The van der Waals surface area contributed by atoms with E-state index in [0.717, 1.165) is 0 Å². The summed E-state index contributed by atoms with van der Waals surface area (Å²) in [5.41, 5.74) is 0. The molecule has 0 aliphatic carbocycles. The first-order valence-corrected chi connectivity index (χ1v) is 4.94. The Bertz CT molecular complexity index is 131. The highest BCUT2D eigenvalue weighted by Gasteiger charge is 2.40. The topological polar surface area (TPSA) is 23.5 Å². The third kappa shape index (κ3) is 1.64. The molecule has 0 bridgehead atoms. The predicted octanol–water partition coefficient (Wildman–Crippen LogP) is 1.34. The fraction of sp³-hybridized carbons (Fsp3) is 1.00. The largest absolute Gasteiger partial charge is 0.395 e. The average Bonchev–Trinajstić information content (AvgIpc) is 1.83. The molecule has 1 rings (SSSR count). The van der Waals surface area contributed by atoms with Crippen molar-refractivity contribution in [2.75, 3.05) is 13.2 Å². The summed E-state index contributed by atoms with van der Waals surface area (Å²) in [6.45, 7) is 10.4. The predicted molar refractivity (Wildman–Crippen MR) is 51.0 cm³/mol. The van der Waals surface area contributed by atoms with Gasteiger partial charge in [0.25, 0.3) is 0 Å². The molecule has 72 valence electrons. The van der Waals surface area contributed by atoms with Crippen LogP contribution in [0.2, 0.25) is 0 Å². The summed E-state index contributed by atoms with van der Waals surface area (Å²) in [4.78, 5) is 2.38. The molecule has 0 radical (unpaired) electrons. The zero-order chi connectivity index (χ0) is 9.30. The standard InChI is InChI=1S/C10H21NO/c1-7(2)9-5-11(8(3)4)10(9)6-12/h7-10,12H,5-6H2,1-4H3. The van der Waals surface area contributed by atoms with Gasteiger partial charge in [0, 0.05) is 18.6 Å². The van der Waals surface area contributed by atoms with Crippen molar-refractivity contribution in [3.05, 3.63) is 0 Å². The maximum atomic E-state index is 9.18. The summed E-state index contributed by atoms with van der Waals surface area (Å²) >= 11 is 0. The molecule has 1 aliphatic rings. The lowest BCUT2D eigenvalue weighted by molar-refractivity contribution is -0.0608. The summed E-state index contributed by atoms with van der Waals surface area (Å²) in [5.74, 6) is 1.41. The molecule has 1 N–H and O–H groups in total. The normalized spacial score (nSPS) is 31.2. The number of aliphatic hydroxyl groups excluding tert-OH is 1. The highest BCUT2D eigenvalue weighted by molar-refractivity contribution is 4.94. The van der Waals surface area contributed by atoms with Gasteiger partial charge in [-0.15, -0.1) is 0 Å². The Morgan fingerprint density at radius 1 is 1.33 bits per heavy atom. The minimum atomic E-state index is 0.320. The lowest BCUT2D eigenvalue weighted by Gasteiger charge is -2.51. The Labute approximate surface area is 75.6 Å². The van der Waals surface area contributed by atoms with E-state index in [-0.39, 0.29) is 0 Å². The number of rotatable bonds is 3. The van der Waals surface area contributed by atoms with Crippen molar-refractivity contribution in [2.45, 2.75) is 39.8 Å². The van der Waals surface area contributed by atoms with Crippen LogP contribution in [0.3, 0.4) is 0 Å². The Kier molecular flexibility index (Phi) is 3.13. The molecule has 0 aromatic heterocycles. The van der Waals surface area contributed by atoms with E-state index in [1.165, 1.54) is 6.54 Å². The van der Waals surface area contributed by atoms with Crippen LogP contribution in [-0.2, 0) is 0 Å². The number of hydrogen-bond donors (Lipinski definition) is 1. The number of aliphatic hydroxyl groups is 1. The fourth-order valence-corrected chi connectivity index (χ4v) is 2.10. The number of hydrogen-bond acceptors (Lipinski definition) is 2. The van der Waals surface area contributed by atoms with Gasteiger partial charge in [-0.05, 0) is 25.7 Å². The van der Waals surface area contributed by atoms with Crippen LogP contribution in [0.1, 0.15) is 27.7 Å². The van der Waals surface area contributed by atoms with Crippen LogP contribution in [0.15, 0.2) is 0 Å². The van der Waals surface area contributed by atoms with Crippen LogP contribution >= 0.6 is 0 Å². The Hall–Kier alpha value is -0.0800. The van der Waals surface area contributed by atoms with Crippen molar-refractivity contribution in [3.63, 3.8) is 0 Å². The third-order valence-electron chi connectivity index (χ3n) is 3.05. The molecule has 1 heterocycles. The smallest absolute Gasteiger partial charge is 0.0590 e. The molecule has 12 heavy (non-hydrogen) atoms. The van der Waals surface area contributed by atoms with Crippen molar-refractivity contribution in [1.29, 1.82) is 0 Å². The fourth-order valence-electron chi connectivity index (χ4n) is 2.10. The first-order chi connectivity index (χ1) is 5.57. The summed E-state index contributed by atoms with van der Waals surface area (Å²) < 4.78 is 0. The second-order valence-corrected chi connectivity index (χ2v) is 4.45. The average molecular weight is 171 g/mol. The van der Waals surface area contributed by atoms with E-state index in [1.54, 1.807) is 0 Å². The molecule has 2 heteroatoms. The molecular formula is C10H21NO. The van der Waals surface area contributed by atoms with E-state index in [2.05, 4.69) is 32.6 Å². The minimum Gasteiger partial charge on any atom is -0.395 e. The lowest BCUT2D eigenvalue weighted by atomic mass is 9.79. The van der Waals surface area contributed by atoms with Crippen LogP contribution in [0, 0.1) is 11.8 Å². The molecule has 2 unspecified atom stereocenters. The van der Waals surface area contributed by atoms with Gasteiger partial charge in [-0.25, -0.2) is 0 Å². The van der Waals surface area contributed by atoms with E-state index in [4.69, 9.17) is 0 Å². The van der Waals surface area contributed by atoms with Gasteiger partial charge in [-0.1, -0.05) is 13.8 Å². The lowest BCUT2D eigenvalue weighted by Crippen LogP contribution is -2.62. The molecule has 2 nitrogen and oxygen atoms in total. The highest BCUT2D eigenvalue weighted by atomic mass is 16.3. The Morgan fingerprint density at radius 3 is 2.25 bits per heavy atom. The van der Waals surface area contributed by atoms with Crippen LogP contribution in [0.4, 0.5) is 0 Å². The molecular weight excluding hydrogens is 150 g/mol. The monoisotopic (exact) mass is 171 g/mol. The molecule has 0 saturated carbocycles. The zero-order valence-corrected chi connectivity index (χ0v) is 8.62. The highest BCUT2D eigenvalue weighted by Crippen LogP contribution is 2.32. The maximum absolute atomic E-state index is 9.18. The van der Waals surface area contributed by atoms with Crippen molar-refractivity contribution in [1.82, 2.24) is 4.90 Å². The number of likely N-dealkylation sites (tertiary alicyclic amines) is 1. The zero-order valence-electron chi connectivity index (χ0n) is 8.62. The van der Waals surface area contributed by atoms with Gasteiger partial charge < -0.3 is 5.11 Å². The first-order valence-electron chi connectivity index (χ1n) is 4.94. The van der Waals surface area contributed by atoms with Crippen molar-refractivity contribution in [3.8, 4) is 0 Å². The molecule has 1 aliphatic heterocycles. The molecule has 1 fully saturated rings. The molecule has 0 amide bonds. The third-order valence-corrected chi connectivity index (χ3v) is 3.05. The molecule has 0 aromatic carbocycles. The van der Waals surface area contributed by atoms with Crippen molar-refractivity contribution >= 4 is 0 Å². The molecule has 2 atom stereocenters. The second-order valence-electron chi connectivity index (χ2n) is 4.45. The van der Waals surface area contributed by atoms with Gasteiger partial charge in [-0.2, -0.15) is 0 Å². The van der Waals surface area contributed by atoms with E-state index in [1.807, 2.05) is 0 Å². The minimum absolute atomic E-state index is 0.320. The summed E-state index contributed by atoms with van der Waals surface area (Å²) in [7, 11) is 0. The second kappa shape index (κ2) is 3.75. The Morgan fingerprint density at radius 2 is 1.92 bits per heavy atom. The van der Waals surface area contributed by atoms with Crippen LogP contribution in [-0.4, -0.2) is 35.2 Å². The maximum Gasteiger partial charge on any atom is 0.0590 e. The first kappa shape index (κ1) is 10.0. The van der Waals surface area contributed by atoms with E-state index >= 15 is 0 Å². The van der Waals surface area contributed by atoms with Crippen LogP contribution < -0.4 is 0 Å². The summed E-state index contributed by atoms with van der Waals surface area (Å²) in [5, 5.41) is 9.18. The SMILES string of the molecule is CC(C)C1CN(C(C)C)C1CO. The molecule has 0 aromatic rings. The van der Waals surface area contributed by atoms with E-state index in [0.29, 0.717) is 30.5 Å². The van der Waals surface area contributed by atoms with Gasteiger partial charge >= 0.3 is 0 Å². The Balaban J connectivity index is 2.46. The van der Waals surface area contributed by atoms with Gasteiger partial charge in [0.05, 0.1) is 6.61 Å². The quantitative estimate of drug-likeness (QED) is 0.692. The van der Waals surface area contributed by atoms with Crippen LogP contribution in [0.5, 0.6) is 0 Å². The summed E-state index contributed by atoms with van der Waals surface area (Å²) in [6.07, 6.45) is 0. The van der Waals surface area contributed by atoms with E-state index < -0.39 is 0 Å². The van der Waals surface area contributed by atoms with Crippen molar-refractivity contribution < 1.29 is 5.11 Å². The van der Waals surface area contributed by atoms with Gasteiger partial charge in [0.1, 0.15) is 0 Å². The van der Waals surface area contributed by atoms with Crippen molar-refractivity contribution in [2.24, 2.45) is 11.8 Å². The molecule has 0 spiro atoms.